The van der Waals surface area contributed by atoms with Crippen LogP contribution in [0.4, 0.5) is 0 Å². The standard InChI is InChI=1S/C13H15N3O2/c1-9-3-4-11(18-2)10(7-9)13(17)16-8-12-14-5-6-15-12/h3-7H,8H2,1-2H3,(H,14,15)(H,16,17). The van der Waals surface area contributed by atoms with Gasteiger partial charge >= 0.3 is 0 Å². The van der Waals surface area contributed by atoms with Gasteiger partial charge in [0, 0.05) is 12.4 Å². The summed E-state index contributed by atoms with van der Waals surface area (Å²) in [6.45, 7) is 2.30. The fraction of sp³-hybridized carbons (Fsp3) is 0.231. The third-order valence-electron chi connectivity index (χ3n) is 2.57. The normalized spacial score (nSPS) is 10.1. The molecule has 0 aliphatic carbocycles. The van der Waals surface area contributed by atoms with Crippen molar-refractivity contribution in [3.8, 4) is 5.75 Å². The van der Waals surface area contributed by atoms with Crippen molar-refractivity contribution in [1.29, 1.82) is 0 Å². The van der Waals surface area contributed by atoms with Crippen LogP contribution in [-0.4, -0.2) is 23.0 Å². The van der Waals surface area contributed by atoms with E-state index in [0.717, 1.165) is 11.4 Å². The predicted molar refractivity (Wildman–Crippen MR) is 67.5 cm³/mol. The molecule has 0 fully saturated rings. The van der Waals surface area contributed by atoms with E-state index < -0.39 is 0 Å². The number of aryl methyl sites for hydroxylation is 1. The number of ether oxygens (including phenoxy) is 1. The number of hydrogen-bond donors (Lipinski definition) is 2. The molecular formula is C13H15N3O2. The molecule has 0 unspecified atom stereocenters. The first-order valence-electron chi connectivity index (χ1n) is 5.62. The molecule has 2 aromatic rings. The lowest BCUT2D eigenvalue weighted by molar-refractivity contribution is 0.0947. The molecule has 0 bridgehead atoms. The van der Waals surface area contributed by atoms with Crippen molar-refractivity contribution in [2.75, 3.05) is 7.11 Å². The molecule has 1 aromatic heterocycles. The van der Waals surface area contributed by atoms with Crippen molar-refractivity contribution in [2.45, 2.75) is 13.5 Å². The lowest BCUT2D eigenvalue weighted by Crippen LogP contribution is -2.24. The van der Waals surface area contributed by atoms with Gasteiger partial charge in [-0.2, -0.15) is 0 Å². The average Bonchev–Trinajstić information content (AvgIpc) is 2.89. The van der Waals surface area contributed by atoms with Gasteiger partial charge in [0.1, 0.15) is 11.6 Å². The quantitative estimate of drug-likeness (QED) is 0.860. The number of nitrogens with one attached hydrogen (secondary N) is 2. The summed E-state index contributed by atoms with van der Waals surface area (Å²) >= 11 is 0. The van der Waals surface area contributed by atoms with Gasteiger partial charge in [-0.15, -0.1) is 0 Å². The van der Waals surface area contributed by atoms with Crippen molar-refractivity contribution >= 4 is 5.91 Å². The van der Waals surface area contributed by atoms with E-state index in [4.69, 9.17) is 4.74 Å². The third-order valence-corrected chi connectivity index (χ3v) is 2.57. The number of methoxy groups -OCH3 is 1. The molecule has 0 aliphatic rings. The monoisotopic (exact) mass is 245 g/mol. The first-order valence-corrected chi connectivity index (χ1v) is 5.62. The number of amides is 1. The predicted octanol–water partition coefficient (Wildman–Crippen LogP) is 1.66. The van der Waals surface area contributed by atoms with E-state index in [9.17, 15) is 4.79 Å². The second-order valence-corrected chi connectivity index (χ2v) is 3.92. The first-order chi connectivity index (χ1) is 8.70. The van der Waals surface area contributed by atoms with Gasteiger partial charge in [-0.05, 0) is 19.1 Å². The minimum Gasteiger partial charge on any atom is -0.496 e. The molecule has 1 aromatic carbocycles. The van der Waals surface area contributed by atoms with E-state index in [0.29, 0.717) is 17.9 Å². The smallest absolute Gasteiger partial charge is 0.255 e. The molecule has 18 heavy (non-hydrogen) atoms. The molecule has 0 spiro atoms. The minimum atomic E-state index is -0.174. The number of hydrogen-bond acceptors (Lipinski definition) is 3. The van der Waals surface area contributed by atoms with Crippen LogP contribution in [0.25, 0.3) is 0 Å². The van der Waals surface area contributed by atoms with Crippen molar-refractivity contribution in [3.63, 3.8) is 0 Å². The number of aromatic nitrogens is 2. The summed E-state index contributed by atoms with van der Waals surface area (Å²) in [6.07, 6.45) is 3.36. The van der Waals surface area contributed by atoms with E-state index in [1.165, 1.54) is 0 Å². The van der Waals surface area contributed by atoms with Gasteiger partial charge in [-0.1, -0.05) is 11.6 Å². The third kappa shape index (κ3) is 2.68. The van der Waals surface area contributed by atoms with Crippen LogP contribution in [0.1, 0.15) is 21.7 Å². The van der Waals surface area contributed by atoms with Crippen LogP contribution in [0.3, 0.4) is 0 Å². The topological polar surface area (TPSA) is 67.0 Å². The molecular weight excluding hydrogens is 230 g/mol. The summed E-state index contributed by atoms with van der Waals surface area (Å²) in [5.41, 5.74) is 1.54. The Balaban J connectivity index is 2.10. The molecule has 5 nitrogen and oxygen atoms in total. The van der Waals surface area contributed by atoms with Crippen LogP contribution in [0.2, 0.25) is 0 Å². The number of H-pyrrole nitrogens is 1. The Morgan fingerprint density at radius 3 is 3.00 bits per heavy atom. The number of carbonyl (C=O) groups excluding carboxylic acids is 1. The maximum Gasteiger partial charge on any atom is 0.255 e. The number of benzene rings is 1. The van der Waals surface area contributed by atoms with Crippen LogP contribution < -0.4 is 10.1 Å². The fourth-order valence-corrected chi connectivity index (χ4v) is 1.65. The van der Waals surface area contributed by atoms with Gasteiger partial charge in [0.25, 0.3) is 5.91 Å². The minimum absolute atomic E-state index is 0.174. The molecule has 0 saturated heterocycles. The number of rotatable bonds is 4. The van der Waals surface area contributed by atoms with Gasteiger partial charge in [0.15, 0.2) is 0 Å². The van der Waals surface area contributed by atoms with Crippen LogP contribution in [-0.2, 0) is 6.54 Å². The Labute approximate surface area is 105 Å². The summed E-state index contributed by atoms with van der Waals surface area (Å²) in [5, 5.41) is 2.79. The van der Waals surface area contributed by atoms with Gasteiger partial charge in [0.05, 0.1) is 19.2 Å². The summed E-state index contributed by atoms with van der Waals surface area (Å²) < 4.78 is 5.17. The van der Waals surface area contributed by atoms with E-state index in [-0.39, 0.29) is 5.91 Å². The van der Waals surface area contributed by atoms with Gasteiger partial charge in [-0.25, -0.2) is 4.98 Å². The summed E-state index contributed by atoms with van der Waals surface area (Å²) in [5.74, 6) is 1.11. The van der Waals surface area contributed by atoms with Crippen molar-refractivity contribution in [1.82, 2.24) is 15.3 Å². The van der Waals surface area contributed by atoms with Gasteiger partial charge < -0.3 is 15.0 Å². The number of imidazole rings is 1. The molecule has 2 rings (SSSR count). The highest BCUT2D eigenvalue weighted by molar-refractivity contribution is 5.97. The van der Waals surface area contributed by atoms with E-state index >= 15 is 0 Å². The lowest BCUT2D eigenvalue weighted by atomic mass is 10.1. The highest BCUT2D eigenvalue weighted by Crippen LogP contribution is 2.19. The molecule has 1 amide bonds. The maximum absolute atomic E-state index is 12.0. The Kier molecular flexibility index (Phi) is 3.62. The maximum atomic E-state index is 12.0. The van der Waals surface area contributed by atoms with Crippen molar-refractivity contribution in [3.05, 3.63) is 47.5 Å². The molecule has 1 heterocycles. The van der Waals surface area contributed by atoms with E-state index in [1.807, 2.05) is 13.0 Å². The molecule has 2 N–H and O–H groups in total. The lowest BCUT2D eigenvalue weighted by Gasteiger charge is -2.09. The average molecular weight is 245 g/mol. The highest BCUT2D eigenvalue weighted by Gasteiger charge is 2.12. The second-order valence-electron chi connectivity index (χ2n) is 3.92. The molecule has 0 radical (unpaired) electrons. The molecule has 0 atom stereocenters. The fourth-order valence-electron chi connectivity index (χ4n) is 1.65. The van der Waals surface area contributed by atoms with Crippen molar-refractivity contribution < 1.29 is 9.53 Å². The SMILES string of the molecule is COc1ccc(C)cc1C(=O)NCc1ncc[nH]1. The van der Waals surface area contributed by atoms with Crippen LogP contribution in [0.15, 0.2) is 30.6 Å². The van der Waals surface area contributed by atoms with Crippen molar-refractivity contribution in [2.24, 2.45) is 0 Å². The van der Waals surface area contributed by atoms with Crippen LogP contribution in [0, 0.1) is 6.92 Å². The number of aromatic amines is 1. The Morgan fingerprint density at radius 2 is 2.33 bits per heavy atom. The zero-order chi connectivity index (χ0) is 13.0. The first kappa shape index (κ1) is 12.2. The summed E-state index contributed by atoms with van der Waals surface area (Å²) in [7, 11) is 1.55. The summed E-state index contributed by atoms with van der Waals surface area (Å²) in [4.78, 5) is 19.0. The molecule has 5 heteroatoms. The largest absolute Gasteiger partial charge is 0.496 e. The number of nitrogens with zero attached hydrogens (tertiary/aromatic N) is 1. The molecule has 0 saturated carbocycles. The highest BCUT2D eigenvalue weighted by atomic mass is 16.5. The molecule has 94 valence electrons. The Hall–Kier alpha value is -2.30. The molecule has 0 aliphatic heterocycles. The van der Waals surface area contributed by atoms with Crippen LogP contribution >= 0.6 is 0 Å². The summed E-state index contributed by atoms with van der Waals surface area (Å²) in [6, 6.07) is 5.50. The van der Waals surface area contributed by atoms with Gasteiger partial charge in [-0.3, -0.25) is 4.79 Å². The second kappa shape index (κ2) is 5.35. The Bertz CT molecular complexity index is 535. The van der Waals surface area contributed by atoms with E-state index in [1.54, 1.807) is 31.6 Å². The number of carbonyl (C=O) groups is 1. The zero-order valence-electron chi connectivity index (χ0n) is 10.4. The van der Waals surface area contributed by atoms with Crippen LogP contribution in [0.5, 0.6) is 5.75 Å². The zero-order valence-corrected chi connectivity index (χ0v) is 10.4. The Morgan fingerprint density at radius 1 is 1.50 bits per heavy atom. The van der Waals surface area contributed by atoms with Gasteiger partial charge in [0.2, 0.25) is 0 Å². The van der Waals surface area contributed by atoms with E-state index in [2.05, 4.69) is 15.3 Å².